The van der Waals surface area contributed by atoms with Crippen LogP contribution in [-0.4, -0.2) is 32.7 Å². The van der Waals surface area contributed by atoms with Gasteiger partial charge in [-0.25, -0.2) is 0 Å². The van der Waals surface area contributed by atoms with Crippen LogP contribution in [0.4, 0.5) is 18.9 Å². The van der Waals surface area contributed by atoms with Crippen molar-refractivity contribution >= 4 is 23.2 Å². The van der Waals surface area contributed by atoms with Crippen LogP contribution in [-0.2, 0) is 6.18 Å². The number of nitrogens with one attached hydrogen (secondary N) is 1. The number of amides is 1. The van der Waals surface area contributed by atoms with Gasteiger partial charge in [0.05, 0.1) is 22.9 Å². The van der Waals surface area contributed by atoms with E-state index in [4.69, 9.17) is 16.7 Å². The summed E-state index contributed by atoms with van der Waals surface area (Å²) in [4.78, 5) is 20.5. The summed E-state index contributed by atoms with van der Waals surface area (Å²) in [6, 6.07) is 8.50. The van der Waals surface area contributed by atoms with E-state index < -0.39 is 30.4 Å². The summed E-state index contributed by atoms with van der Waals surface area (Å²) in [5.41, 5.74) is 0.657. The van der Waals surface area contributed by atoms with Gasteiger partial charge >= 0.3 is 6.18 Å². The molecule has 6 nitrogen and oxygen atoms in total. The molecule has 0 fully saturated rings. The molecule has 3 N–H and O–H groups in total. The van der Waals surface area contributed by atoms with E-state index in [1.54, 1.807) is 6.07 Å². The maximum Gasteiger partial charge on any atom is 0.416 e. The summed E-state index contributed by atoms with van der Waals surface area (Å²) in [6.45, 7) is -0.471. The first-order valence-corrected chi connectivity index (χ1v) is 8.96. The van der Waals surface area contributed by atoms with Crippen LogP contribution in [0.15, 0.2) is 54.9 Å². The summed E-state index contributed by atoms with van der Waals surface area (Å²) >= 11 is 6.18. The lowest BCUT2D eigenvalue weighted by molar-refractivity contribution is -0.137. The van der Waals surface area contributed by atoms with Gasteiger partial charge in [0.25, 0.3) is 5.91 Å². The molecule has 0 aliphatic carbocycles. The third-order valence-electron chi connectivity index (χ3n) is 4.16. The molecule has 2 heterocycles. The minimum atomic E-state index is -4.45. The van der Waals surface area contributed by atoms with E-state index in [-0.39, 0.29) is 16.4 Å². The number of rotatable bonds is 5. The van der Waals surface area contributed by atoms with E-state index in [1.165, 1.54) is 24.5 Å². The topological polar surface area (TPSA) is 95.3 Å². The van der Waals surface area contributed by atoms with Crippen LogP contribution in [0.2, 0.25) is 5.02 Å². The van der Waals surface area contributed by atoms with Crippen molar-refractivity contribution in [2.75, 3.05) is 11.9 Å². The molecular formula is C20H15ClF3N3O3. The number of hydrogen-bond donors (Lipinski definition) is 3. The van der Waals surface area contributed by atoms with Crippen LogP contribution < -0.4 is 5.32 Å². The number of halogens is 4. The molecule has 0 saturated heterocycles. The molecule has 30 heavy (non-hydrogen) atoms. The van der Waals surface area contributed by atoms with Crippen molar-refractivity contribution in [1.29, 1.82) is 0 Å². The van der Waals surface area contributed by atoms with Crippen LogP contribution in [0.3, 0.4) is 0 Å². The van der Waals surface area contributed by atoms with Gasteiger partial charge < -0.3 is 15.5 Å². The second-order valence-corrected chi connectivity index (χ2v) is 6.67. The van der Waals surface area contributed by atoms with Crippen molar-refractivity contribution in [3.63, 3.8) is 0 Å². The molecule has 1 aromatic carbocycles. The summed E-state index contributed by atoms with van der Waals surface area (Å²) < 4.78 is 37.8. The predicted octanol–water partition coefficient (Wildman–Crippen LogP) is 4.09. The number of pyridine rings is 2. The van der Waals surface area contributed by atoms with E-state index in [1.807, 2.05) is 0 Å². The SMILES string of the molecule is O=C(Nc1ccc(C(F)(F)F)cc1)c1ccc(-c2ncc([C@@H](O)CO)cc2Cl)cn1. The van der Waals surface area contributed by atoms with Gasteiger partial charge in [-0.3, -0.25) is 14.8 Å². The second kappa shape index (κ2) is 8.78. The van der Waals surface area contributed by atoms with Gasteiger partial charge in [0.1, 0.15) is 11.8 Å². The van der Waals surface area contributed by atoms with Crippen molar-refractivity contribution in [3.05, 3.63) is 76.7 Å². The Hall–Kier alpha value is -3.01. The minimum absolute atomic E-state index is 0.0436. The molecule has 0 aliphatic rings. The number of nitrogens with zero attached hydrogens (tertiary/aromatic N) is 2. The highest BCUT2D eigenvalue weighted by molar-refractivity contribution is 6.33. The Morgan fingerprint density at radius 3 is 2.33 bits per heavy atom. The largest absolute Gasteiger partial charge is 0.416 e. The smallest absolute Gasteiger partial charge is 0.393 e. The zero-order valence-corrected chi connectivity index (χ0v) is 15.9. The number of aliphatic hydroxyl groups excluding tert-OH is 2. The summed E-state index contributed by atoms with van der Waals surface area (Å²) in [5.74, 6) is -0.596. The van der Waals surface area contributed by atoms with Gasteiger partial charge in [0, 0.05) is 29.2 Å². The molecule has 0 aliphatic heterocycles. The maximum atomic E-state index is 12.6. The molecule has 1 amide bonds. The molecule has 0 spiro atoms. The predicted molar refractivity (Wildman–Crippen MR) is 104 cm³/mol. The zero-order chi connectivity index (χ0) is 21.9. The standard InChI is InChI=1S/C20H15ClF3N3O3/c21-15-7-12(17(29)10-28)9-26-18(15)11-1-6-16(25-8-11)19(30)27-14-4-2-13(3-5-14)20(22,23)24/h1-9,17,28-29H,10H2,(H,27,30)/t17-/m0/s1. The molecule has 0 bridgehead atoms. The molecule has 2 aromatic heterocycles. The number of carbonyl (C=O) groups is 1. The van der Waals surface area contributed by atoms with E-state index in [0.29, 0.717) is 16.8 Å². The molecule has 156 valence electrons. The highest BCUT2D eigenvalue weighted by Gasteiger charge is 2.30. The minimum Gasteiger partial charge on any atom is -0.393 e. The second-order valence-electron chi connectivity index (χ2n) is 6.26. The molecule has 10 heteroatoms. The maximum absolute atomic E-state index is 12.6. The van der Waals surface area contributed by atoms with E-state index in [9.17, 15) is 23.1 Å². The molecule has 3 rings (SSSR count). The molecular weight excluding hydrogens is 423 g/mol. The third kappa shape index (κ3) is 4.93. The Bertz CT molecular complexity index is 1040. The summed E-state index contributed by atoms with van der Waals surface area (Å²) in [6.07, 6.45) is -2.81. The van der Waals surface area contributed by atoms with Gasteiger partial charge in [-0.1, -0.05) is 11.6 Å². The number of aliphatic hydroxyl groups is 2. The Kier molecular flexibility index (Phi) is 6.35. The third-order valence-corrected chi connectivity index (χ3v) is 4.45. The van der Waals surface area contributed by atoms with Gasteiger partial charge in [-0.2, -0.15) is 13.2 Å². The van der Waals surface area contributed by atoms with Crippen LogP contribution in [0, 0.1) is 0 Å². The molecule has 0 unspecified atom stereocenters. The van der Waals surface area contributed by atoms with Crippen LogP contribution in [0.25, 0.3) is 11.3 Å². The van der Waals surface area contributed by atoms with E-state index in [0.717, 1.165) is 24.3 Å². The first-order valence-electron chi connectivity index (χ1n) is 8.58. The van der Waals surface area contributed by atoms with Crippen LogP contribution >= 0.6 is 11.6 Å². The Balaban J connectivity index is 1.73. The van der Waals surface area contributed by atoms with Crippen molar-refractivity contribution in [1.82, 2.24) is 9.97 Å². The number of hydrogen-bond acceptors (Lipinski definition) is 5. The quantitative estimate of drug-likeness (QED) is 0.558. The fraction of sp³-hybridized carbons (Fsp3) is 0.150. The van der Waals surface area contributed by atoms with Crippen molar-refractivity contribution in [2.45, 2.75) is 12.3 Å². The van der Waals surface area contributed by atoms with Gasteiger partial charge in [0.15, 0.2) is 0 Å². The normalized spacial score (nSPS) is 12.5. The van der Waals surface area contributed by atoms with Crippen molar-refractivity contribution in [3.8, 4) is 11.3 Å². The lowest BCUT2D eigenvalue weighted by Crippen LogP contribution is -2.14. The fourth-order valence-corrected chi connectivity index (χ4v) is 2.84. The Labute approximate surface area is 174 Å². The number of carbonyl (C=O) groups excluding carboxylic acids is 1. The number of benzene rings is 1. The lowest BCUT2D eigenvalue weighted by Gasteiger charge is -2.10. The molecule has 1 atom stereocenters. The van der Waals surface area contributed by atoms with Gasteiger partial charge in [-0.05, 0) is 42.5 Å². The molecule has 0 saturated carbocycles. The number of aromatic nitrogens is 2. The highest BCUT2D eigenvalue weighted by Crippen LogP contribution is 2.30. The van der Waals surface area contributed by atoms with E-state index >= 15 is 0 Å². The van der Waals surface area contributed by atoms with E-state index in [2.05, 4.69) is 15.3 Å². The van der Waals surface area contributed by atoms with Gasteiger partial charge in [0.2, 0.25) is 0 Å². The van der Waals surface area contributed by atoms with Crippen LogP contribution in [0.5, 0.6) is 0 Å². The average Bonchev–Trinajstić information content (AvgIpc) is 2.73. The average molecular weight is 438 g/mol. The zero-order valence-electron chi connectivity index (χ0n) is 15.2. The first kappa shape index (κ1) is 21.7. The summed E-state index contributed by atoms with van der Waals surface area (Å²) in [7, 11) is 0. The fourth-order valence-electron chi connectivity index (χ4n) is 2.56. The molecule has 0 radical (unpaired) electrons. The summed E-state index contributed by atoms with van der Waals surface area (Å²) in [5, 5.41) is 21.3. The molecule has 3 aromatic rings. The van der Waals surface area contributed by atoms with Crippen molar-refractivity contribution < 1.29 is 28.2 Å². The highest BCUT2D eigenvalue weighted by atomic mass is 35.5. The van der Waals surface area contributed by atoms with Gasteiger partial charge in [-0.15, -0.1) is 0 Å². The first-order chi connectivity index (χ1) is 14.2. The number of alkyl halides is 3. The lowest BCUT2D eigenvalue weighted by atomic mass is 10.1. The number of anilines is 1. The van der Waals surface area contributed by atoms with Crippen LogP contribution in [0.1, 0.15) is 27.7 Å². The Morgan fingerprint density at radius 1 is 1.10 bits per heavy atom. The monoisotopic (exact) mass is 437 g/mol. The van der Waals surface area contributed by atoms with Crippen molar-refractivity contribution in [2.24, 2.45) is 0 Å². The Morgan fingerprint density at radius 2 is 1.80 bits per heavy atom.